The number of para-hydroxylation sites is 1. The normalized spacial score (nSPS) is 11.9. The lowest BCUT2D eigenvalue weighted by Gasteiger charge is -2.11. The van der Waals surface area contributed by atoms with Crippen molar-refractivity contribution in [3.05, 3.63) is 52.1 Å². The second-order valence-electron chi connectivity index (χ2n) is 6.29. The zero-order valence-electron chi connectivity index (χ0n) is 15.7. The summed E-state index contributed by atoms with van der Waals surface area (Å²) in [6.07, 6.45) is 3.20. The first-order chi connectivity index (χ1) is 12.7. The van der Waals surface area contributed by atoms with E-state index in [9.17, 15) is 0 Å². The maximum Gasteiger partial charge on any atom is 0.191 e. The molecule has 26 heavy (non-hydrogen) atoms. The highest BCUT2D eigenvalue weighted by Gasteiger charge is 2.04. The van der Waals surface area contributed by atoms with Gasteiger partial charge in [-0.2, -0.15) is 0 Å². The lowest BCUT2D eigenvalue weighted by atomic mass is 10.2. The van der Waals surface area contributed by atoms with E-state index in [1.165, 1.54) is 15.8 Å². The Morgan fingerprint density at radius 3 is 2.81 bits per heavy atom. The molecule has 0 aliphatic heterocycles. The zero-order valence-corrected chi connectivity index (χ0v) is 16.6. The molecule has 0 saturated heterocycles. The van der Waals surface area contributed by atoms with E-state index in [1.807, 2.05) is 6.92 Å². The molecule has 1 aromatic carbocycles. The van der Waals surface area contributed by atoms with Crippen LogP contribution in [0.5, 0.6) is 0 Å². The monoisotopic (exact) mass is 369 g/mol. The minimum atomic E-state index is 0.622. The molecule has 0 aliphatic carbocycles. The van der Waals surface area contributed by atoms with Crippen LogP contribution in [-0.2, 0) is 13.1 Å². The molecule has 3 rings (SSSR count). The Labute approximate surface area is 159 Å². The second kappa shape index (κ2) is 8.85. The van der Waals surface area contributed by atoms with Crippen LogP contribution in [0.1, 0.15) is 28.9 Å². The lowest BCUT2D eigenvalue weighted by Crippen LogP contribution is -2.38. The molecule has 0 radical (unpaired) electrons. The van der Waals surface area contributed by atoms with Gasteiger partial charge in [0, 0.05) is 36.2 Å². The summed E-state index contributed by atoms with van der Waals surface area (Å²) < 4.78 is 2.31. The van der Waals surface area contributed by atoms with Crippen molar-refractivity contribution in [3.63, 3.8) is 0 Å². The van der Waals surface area contributed by atoms with E-state index in [0.29, 0.717) is 6.54 Å². The Morgan fingerprint density at radius 1 is 1.19 bits per heavy atom. The highest BCUT2D eigenvalue weighted by molar-refractivity contribution is 7.11. The Bertz CT molecular complexity index is 858. The predicted molar refractivity (Wildman–Crippen MR) is 111 cm³/mol. The summed E-state index contributed by atoms with van der Waals surface area (Å²) in [7, 11) is 0. The summed E-state index contributed by atoms with van der Waals surface area (Å²) >= 11 is 1.73. The van der Waals surface area contributed by atoms with Gasteiger partial charge in [-0.15, -0.1) is 11.3 Å². The van der Waals surface area contributed by atoms with Gasteiger partial charge in [0.25, 0.3) is 0 Å². The molecule has 2 aromatic heterocycles. The highest BCUT2D eigenvalue weighted by atomic mass is 32.1. The first kappa shape index (κ1) is 18.5. The summed E-state index contributed by atoms with van der Waals surface area (Å²) in [6.45, 7) is 9.59. The number of hydrogen-bond acceptors (Lipinski definition) is 3. The molecule has 0 fully saturated rings. The number of thiazole rings is 1. The number of hydrogen-bond donors (Lipinski definition) is 2. The van der Waals surface area contributed by atoms with Gasteiger partial charge >= 0.3 is 0 Å². The van der Waals surface area contributed by atoms with E-state index in [4.69, 9.17) is 0 Å². The van der Waals surface area contributed by atoms with E-state index in [0.717, 1.165) is 42.7 Å². The third-order valence-corrected chi connectivity index (χ3v) is 5.40. The topological polar surface area (TPSA) is 54.2 Å². The Hall–Kier alpha value is -2.34. The summed E-state index contributed by atoms with van der Waals surface area (Å²) in [4.78, 5) is 10.5. The van der Waals surface area contributed by atoms with Gasteiger partial charge in [-0.05, 0) is 44.7 Å². The lowest BCUT2D eigenvalue weighted by molar-refractivity contribution is 0.641. The van der Waals surface area contributed by atoms with Gasteiger partial charge < -0.3 is 15.2 Å². The molecule has 0 aliphatic rings. The standard InChI is InChI=1S/C20H27N5S/c1-4-21-20(23-14-19-24-15(2)16(3)26-19)22-11-7-12-25-13-10-17-8-5-6-9-18(17)25/h5-6,8-10,13H,4,7,11-12,14H2,1-3H3,(H2,21,22,23). The number of benzene rings is 1. The van der Waals surface area contributed by atoms with Crippen molar-refractivity contribution in [3.8, 4) is 0 Å². The van der Waals surface area contributed by atoms with Crippen LogP contribution in [-0.4, -0.2) is 28.6 Å². The van der Waals surface area contributed by atoms with Crippen LogP contribution in [0.3, 0.4) is 0 Å². The van der Waals surface area contributed by atoms with Gasteiger partial charge in [0.2, 0.25) is 0 Å². The van der Waals surface area contributed by atoms with Crippen LogP contribution in [0.4, 0.5) is 0 Å². The number of aryl methyl sites for hydroxylation is 3. The number of aliphatic imine (C=N–C) groups is 1. The maximum absolute atomic E-state index is 4.66. The molecule has 0 unspecified atom stereocenters. The molecule has 3 aromatic rings. The van der Waals surface area contributed by atoms with Crippen LogP contribution in [0.15, 0.2) is 41.5 Å². The molecule has 2 heterocycles. The maximum atomic E-state index is 4.66. The number of guanidine groups is 1. The summed E-state index contributed by atoms with van der Waals surface area (Å²) in [6, 6.07) is 10.7. The van der Waals surface area contributed by atoms with E-state index in [2.05, 4.69) is 75.6 Å². The molecular weight excluding hydrogens is 342 g/mol. The molecule has 0 bridgehead atoms. The van der Waals surface area contributed by atoms with Crippen molar-refractivity contribution in [1.29, 1.82) is 0 Å². The van der Waals surface area contributed by atoms with Crippen LogP contribution in [0, 0.1) is 13.8 Å². The fraction of sp³-hybridized carbons (Fsp3) is 0.400. The van der Waals surface area contributed by atoms with Crippen LogP contribution >= 0.6 is 11.3 Å². The van der Waals surface area contributed by atoms with Crippen molar-refractivity contribution in [2.45, 2.75) is 40.3 Å². The van der Waals surface area contributed by atoms with Crippen LogP contribution in [0.2, 0.25) is 0 Å². The number of nitrogens with zero attached hydrogens (tertiary/aromatic N) is 3. The SMILES string of the molecule is CCNC(=NCc1nc(C)c(C)s1)NCCCn1ccc2ccccc21. The smallest absolute Gasteiger partial charge is 0.191 e. The first-order valence-electron chi connectivity index (χ1n) is 9.16. The van der Waals surface area contributed by atoms with Crippen molar-refractivity contribution in [2.75, 3.05) is 13.1 Å². The quantitative estimate of drug-likeness (QED) is 0.378. The van der Waals surface area contributed by atoms with Crippen molar-refractivity contribution < 1.29 is 0 Å². The minimum Gasteiger partial charge on any atom is -0.357 e. The average Bonchev–Trinajstić information content (AvgIpc) is 3.20. The van der Waals surface area contributed by atoms with Crippen molar-refractivity contribution in [2.24, 2.45) is 4.99 Å². The Balaban J connectivity index is 1.51. The van der Waals surface area contributed by atoms with Gasteiger partial charge in [-0.1, -0.05) is 18.2 Å². The molecule has 0 spiro atoms. The molecule has 6 heteroatoms. The Morgan fingerprint density at radius 2 is 2.04 bits per heavy atom. The fourth-order valence-corrected chi connectivity index (χ4v) is 3.75. The van der Waals surface area contributed by atoms with Crippen molar-refractivity contribution >= 4 is 28.2 Å². The van der Waals surface area contributed by atoms with Gasteiger partial charge in [0.1, 0.15) is 5.01 Å². The molecule has 0 amide bonds. The van der Waals surface area contributed by atoms with Crippen LogP contribution < -0.4 is 10.6 Å². The molecule has 0 saturated carbocycles. The number of rotatable bonds is 7. The van der Waals surface area contributed by atoms with Crippen LogP contribution in [0.25, 0.3) is 10.9 Å². The van der Waals surface area contributed by atoms with E-state index < -0.39 is 0 Å². The average molecular weight is 370 g/mol. The minimum absolute atomic E-state index is 0.622. The summed E-state index contributed by atoms with van der Waals surface area (Å²) in [5.74, 6) is 0.857. The number of aromatic nitrogens is 2. The largest absolute Gasteiger partial charge is 0.357 e. The van der Waals surface area contributed by atoms with E-state index in [-0.39, 0.29) is 0 Å². The molecular formula is C20H27N5S. The van der Waals surface area contributed by atoms with Gasteiger partial charge in [-0.3, -0.25) is 0 Å². The first-order valence-corrected chi connectivity index (χ1v) is 9.98. The molecule has 2 N–H and O–H groups in total. The fourth-order valence-electron chi connectivity index (χ4n) is 2.89. The highest BCUT2D eigenvalue weighted by Crippen LogP contribution is 2.17. The third-order valence-electron chi connectivity index (χ3n) is 4.34. The van der Waals surface area contributed by atoms with Crippen molar-refractivity contribution in [1.82, 2.24) is 20.2 Å². The number of nitrogens with one attached hydrogen (secondary N) is 2. The molecule has 0 atom stereocenters. The number of fused-ring (bicyclic) bond motifs is 1. The zero-order chi connectivity index (χ0) is 18.4. The predicted octanol–water partition coefficient (Wildman–Crippen LogP) is 3.86. The summed E-state index contributed by atoms with van der Waals surface area (Å²) in [5.41, 5.74) is 2.40. The van der Waals surface area contributed by atoms with Gasteiger partial charge in [0.05, 0.1) is 12.2 Å². The summed E-state index contributed by atoms with van der Waals surface area (Å²) in [5, 5.41) is 9.09. The Kier molecular flexibility index (Phi) is 6.28. The van der Waals surface area contributed by atoms with Gasteiger partial charge in [0.15, 0.2) is 5.96 Å². The van der Waals surface area contributed by atoms with Gasteiger partial charge in [-0.25, -0.2) is 9.98 Å². The van der Waals surface area contributed by atoms with E-state index >= 15 is 0 Å². The molecule has 5 nitrogen and oxygen atoms in total. The molecule has 138 valence electrons. The third kappa shape index (κ3) is 4.64. The second-order valence-corrected chi connectivity index (χ2v) is 7.58. The van der Waals surface area contributed by atoms with E-state index in [1.54, 1.807) is 11.3 Å².